The van der Waals surface area contributed by atoms with Crippen molar-refractivity contribution in [3.05, 3.63) is 566 Å². The third-order valence-electron chi connectivity index (χ3n) is 27.5. The van der Waals surface area contributed by atoms with Crippen molar-refractivity contribution in [1.82, 2.24) is 44.9 Å². The minimum absolute atomic E-state index is 0.0861. The zero-order valence-corrected chi connectivity index (χ0v) is 76.9. The average molecular weight is 1800 g/mol. The van der Waals surface area contributed by atoms with E-state index in [1.807, 2.05) is 127 Å². The molecule has 4 aliphatic rings. The Hall–Kier alpha value is -18.4. The summed E-state index contributed by atoms with van der Waals surface area (Å²) < 4.78 is 0. The first kappa shape index (κ1) is 84.6. The van der Waals surface area contributed by atoms with Gasteiger partial charge in [-0.05, 0) is 231 Å². The Labute approximate surface area is 814 Å². The first-order valence-electron chi connectivity index (χ1n) is 47.4. The first-order valence-corrected chi connectivity index (χ1v) is 47.4. The number of fused-ring (bicyclic) bond motifs is 13. The highest BCUT2D eigenvalue weighted by atomic mass is 15.2. The smallest absolute Gasteiger partial charge is 0.160 e. The molecule has 3 aliphatic heterocycles. The quantitative estimate of drug-likeness (QED) is 0.103. The van der Waals surface area contributed by atoms with Crippen LogP contribution in [0.25, 0.3) is 113 Å². The molecular weight excluding hydrogens is 1710 g/mol. The Morgan fingerprint density at radius 3 is 0.686 bits per heavy atom. The van der Waals surface area contributed by atoms with Crippen LogP contribution >= 0.6 is 0 Å². The van der Waals surface area contributed by atoms with Crippen molar-refractivity contribution in [3.63, 3.8) is 0 Å². The zero-order chi connectivity index (χ0) is 93.5. The van der Waals surface area contributed by atoms with Gasteiger partial charge < -0.3 is 14.7 Å². The highest BCUT2D eigenvalue weighted by molar-refractivity contribution is 5.97. The lowest BCUT2D eigenvalue weighted by atomic mass is 9.62. The van der Waals surface area contributed by atoms with Crippen molar-refractivity contribution in [3.8, 4) is 113 Å². The maximum atomic E-state index is 5.05. The summed E-state index contributed by atoms with van der Waals surface area (Å²) in [5, 5.41) is 0. The van der Waals surface area contributed by atoms with Gasteiger partial charge in [-0.1, -0.05) is 341 Å². The third-order valence-corrected chi connectivity index (χ3v) is 27.5. The first-order chi connectivity index (χ1) is 69.2. The van der Waals surface area contributed by atoms with Gasteiger partial charge >= 0.3 is 0 Å². The van der Waals surface area contributed by atoms with E-state index in [1.165, 1.54) is 89.5 Å². The fourth-order valence-corrected chi connectivity index (χ4v) is 21.2. The second-order valence-electron chi connectivity index (χ2n) is 35.8. The number of anilines is 9. The van der Waals surface area contributed by atoms with Gasteiger partial charge in [0.1, 0.15) is 0 Å². The van der Waals surface area contributed by atoms with Crippen molar-refractivity contribution < 1.29 is 0 Å². The largest absolute Gasteiger partial charge is 0.310 e. The van der Waals surface area contributed by atoms with E-state index in [4.69, 9.17) is 29.9 Å². The molecule has 16 aromatic carbocycles. The Morgan fingerprint density at radius 2 is 0.400 bits per heavy atom. The fourth-order valence-electron chi connectivity index (χ4n) is 21.2. The highest BCUT2D eigenvalue weighted by Gasteiger charge is 2.52. The van der Waals surface area contributed by atoms with Crippen molar-refractivity contribution in [1.29, 1.82) is 0 Å². The SMILES string of the molecule is CC1(C)c2ccccc2N(c2ccc(-c3nc(-c4ccccc4)cc(-c4ccccn4)n3)cc2)c2ccccc21.c1ccc(-c2cc(-c3ccccn3)nc(-c3ccc(N4c5ccccc5C(c5ccccc5)(c5ccccc5)c5ccccc54)cc3)n2)cc1.c1ccc(-c2cc(-c3ccccn3)nc(-c3ccc(N4c5ccccc5C5(c6ccccc6-c6ccccc65)c5ccccc54)cc3)n2)cc1. The number of pyridine rings is 3. The summed E-state index contributed by atoms with van der Waals surface area (Å²) in [4.78, 5) is 51.0. The molecule has 12 heteroatoms. The van der Waals surface area contributed by atoms with Crippen LogP contribution in [0.3, 0.4) is 0 Å². The molecule has 0 unspecified atom stereocenters. The molecule has 26 rings (SSSR count). The summed E-state index contributed by atoms with van der Waals surface area (Å²) in [6, 6.07) is 173. The highest BCUT2D eigenvalue weighted by Crippen LogP contribution is 2.64. The molecule has 12 nitrogen and oxygen atoms in total. The Balaban J connectivity index is 0.000000115. The minimum Gasteiger partial charge on any atom is -0.310 e. The molecule has 0 atom stereocenters. The van der Waals surface area contributed by atoms with E-state index in [9.17, 15) is 0 Å². The van der Waals surface area contributed by atoms with Crippen molar-refractivity contribution in [2.45, 2.75) is 30.1 Å². The van der Waals surface area contributed by atoms with Crippen LogP contribution in [-0.4, -0.2) is 44.9 Å². The lowest BCUT2D eigenvalue weighted by Gasteiger charge is -2.46. The average Bonchev–Trinajstić information content (AvgIpc) is 1.40. The van der Waals surface area contributed by atoms with Gasteiger partial charge in [-0.2, -0.15) is 0 Å². The summed E-state index contributed by atoms with van der Waals surface area (Å²) in [6.07, 6.45) is 5.39. The topological polar surface area (TPSA) is 126 Å². The normalized spacial score (nSPS) is 13.2. The molecule has 140 heavy (non-hydrogen) atoms. The maximum absolute atomic E-state index is 5.05. The van der Waals surface area contributed by atoms with Crippen LogP contribution in [-0.2, 0) is 16.2 Å². The summed E-state index contributed by atoms with van der Waals surface area (Å²) >= 11 is 0. The number of hydrogen-bond donors (Lipinski definition) is 0. The number of hydrogen-bond acceptors (Lipinski definition) is 12. The van der Waals surface area contributed by atoms with Crippen LogP contribution in [0.2, 0.25) is 0 Å². The number of benzene rings is 16. The molecule has 22 aromatic rings. The van der Waals surface area contributed by atoms with Crippen LogP contribution in [0.1, 0.15) is 69.5 Å². The van der Waals surface area contributed by atoms with E-state index in [1.54, 1.807) is 18.6 Å². The lowest BCUT2D eigenvalue weighted by molar-refractivity contribution is 0.632. The van der Waals surface area contributed by atoms with Crippen LogP contribution in [0.15, 0.2) is 510 Å². The number of nitrogens with zero attached hydrogens (tertiary/aromatic N) is 12. The van der Waals surface area contributed by atoms with Gasteiger partial charge in [0.25, 0.3) is 0 Å². The van der Waals surface area contributed by atoms with Gasteiger partial charge in [-0.3, -0.25) is 15.0 Å². The molecule has 0 bridgehead atoms. The Morgan fingerprint density at radius 1 is 0.171 bits per heavy atom. The van der Waals surface area contributed by atoms with Crippen molar-refractivity contribution in [2.75, 3.05) is 14.7 Å². The van der Waals surface area contributed by atoms with Gasteiger partial charge in [0.15, 0.2) is 17.5 Å². The standard InChI is InChI=1S/C46H30N4.C46H32N4.C36H28N4/c1-2-14-31(15-3-1)41-30-42(40-22-12-13-29-47-40)49-45(48-41)32-25-27-33(28-26-32)50-43-23-10-8-20-38(43)46(39-21-9-11-24-44(39)50)36-18-6-4-16-34(36)35-17-5-7-19-37(35)46;1-4-16-33(17-5-1)41-32-42(40-24-14-15-31-47-40)49-45(48-41)34-27-29-37(30-28-34)50-43-25-12-10-22-38(43)46(35-18-6-2-7-19-35,36-20-8-3-9-21-36)39-23-11-13-26-44(39)50;1-36(2)28-14-6-8-17-33(28)40(34-18-9-7-15-29(34)36)27-21-19-26(20-22-27)35-38-31(25-12-4-3-5-13-25)24-32(39-35)30-16-10-11-23-37-30/h1-30H;1-32H;3-24H,1-2H3. The Bertz CT molecular complexity index is 7640. The molecular formula is C128H90N12. The lowest BCUT2D eigenvalue weighted by Crippen LogP contribution is -2.37. The monoisotopic (exact) mass is 1790 g/mol. The molecule has 0 fully saturated rings. The third kappa shape index (κ3) is 14.9. The van der Waals surface area contributed by atoms with E-state index in [-0.39, 0.29) is 5.41 Å². The zero-order valence-electron chi connectivity index (χ0n) is 76.9. The second kappa shape index (κ2) is 36.1. The molecule has 0 saturated carbocycles. The summed E-state index contributed by atoms with van der Waals surface area (Å²) in [6.45, 7) is 4.61. The van der Waals surface area contributed by atoms with E-state index in [2.05, 4.69) is 407 Å². The van der Waals surface area contributed by atoms with Crippen LogP contribution in [0.4, 0.5) is 51.2 Å². The summed E-state index contributed by atoms with van der Waals surface area (Å²) in [7, 11) is 0. The number of para-hydroxylation sites is 6. The van der Waals surface area contributed by atoms with Crippen molar-refractivity contribution >= 4 is 51.2 Å². The minimum atomic E-state index is -0.500. The second-order valence-corrected chi connectivity index (χ2v) is 35.8. The Kier molecular flexibility index (Phi) is 21.8. The van der Waals surface area contributed by atoms with E-state index >= 15 is 0 Å². The molecule has 6 aromatic heterocycles. The predicted octanol–water partition coefficient (Wildman–Crippen LogP) is 31.0. The predicted molar refractivity (Wildman–Crippen MR) is 567 cm³/mol. The van der Waals surface area contributed by atoms with Gasteiger partial charge in [-0.25, -0.2) is 29.9 Å². The van der Waals surface area contributed by atoms with Gasteiger partial charge in [0, 0.05) is 74.4 Å². The van der Waals surface area contributed by atoms with Gasteiger partial charge in [0.05, 0.1) is 96.2 Å². The van der Waals surface area contributed by atoms with E-state index < -0.39 is 10.8 Å². The summed E-state index contributed by atoms with van der Waals surface area (Å²) in [5.41, 5.74) is 38.0. The molecule has 1 aliphatic carbocycles. The molecule has 0 N–H and O–H groups in total. The van der Waals surface area contributed by atoms with Crippen LogP contribution < -0.4 is 14.7 Å². The molecule has 662 valence electrons. The molecule has 9 heterocycles. The van der Waals surface area contributed by atoms with E-state index in [0.29, 0.717) is 17.5 Å². The van der Waals surface area contributed by atoms with Crippen LogP contribution in [0, 0.1) is 0 Å². The maximum Gasteiger partial charge on any atom is 0.160 e. The molecule has 0 saturated heterocycles. The van der Waals surface area contributed by atoms with Crippen LogP contribution in [0.5, 0.6) is 0 Å². The van der Waals surface area contributed by atoms with Crippen molar-refractivity contribution in [2.24, 2.45) is 0 Å². The summed E-state index contributed by atoms with van der Waals surface area (Å²) in [5.74, 6) is 2.00. The molecule has 0 radical (unpaired) electrons. The molecule has 0 amide bonds. The fraction of sp³-hybridized carbons (Fsp3) is 0.0391. The van der Waals surface area contributed by atoms with E-state index in [0.717, 1.165) is 113 Å². The number of rotatable bonds is 14. The van der Waals surface area contributed by atoms with Gasteiger partial charge in [-0.15, -0.1) is 0 Å². The van der Waals surface area contributed by atoms with Gasteiger partial charge in [0.2, 0.25) is 0 Å². The number of aromatic nitrogens is 9. The molecule has 1 spiro atoms.